The van der Waals surface area contributed by atoms with Crippen LogP contribution in [-0.4, -0.2) is 108 Å². The van der Waals surface area contributed by atoms with Crippen LogP contribution in [0.5, 0.6) is 0 Å². The van der Waals surface area contributed by atoms with Gasteiger partial charge in [0, 0.05) is 25.3 Å². The van der Waals surface area contributed by atoms with Gasteiger partial charge in [0.05, 0.1) is 24.7 Å². The first kappa shape index (κ1) is 51.8. The third-order valence-corrected chi connectivity index (χ3v) is 17.1. The van der Waals surface area contributed by atoms with Gasteiger partial charge in [0.2, 0.25) is 5.91 Å². The standard InChI is InChI=1S/C52H68N2O11Si/c1-33(2)46(54-50(62)63-31-41-39-25-17-15-23-37(39)38-24-16-18-26-40(38)41)42(55)29-34(49(61)65-51(3,4)5)27-28-45(58)53-30-43(56)47(59)48(60)44(57)32-64-66(52(6,7)8,35-19-11-9-12-20-35)36-21-13-10-14-22-36/h9-26,33-34,41,43-44,46-48,56-57,59-60H,27-32H2,1-8H3,(H,53,58)(H,54,62)/t34-,43+,44-,46+,47-,48-/m1/s1. The molecule has 0 aromatic heterocycles. The maximum atomic E-state index is 13.8. The number of nitrogens with one attached hydrogen (secondary N) is 2. The Morgan fingerprint density at radius 2 is 1.20 bits per heavy atom. The van der Waals surface area contributed by atoms with Crippen LogP contribution in [0.4, 0.5) is 4.79 Å². The minimum atomic E-state index is -3.10. The number of aliphatic hydroxyl groups excluding tert-OH is 4. The Morgan fingerprint density at radius 1 is 0.697 bits per heavy atom. The molecule has 0 aliphatic heterocycles. The Morgan fingerprint density at radius 3 is 1.70 bits per heavy atom. The van der Waals surface area contributed by atoms with Crippen LogP contribution in [0.1, 0.15) is 91.7 Å². The Bertz CT molecular complexity index is 2160. The van der Waals surface area contributed by atoms with Crippen LogP contribution in [0.3, 0.4) is 0 Å². The molecule has 0 saturated carbocycles. The van der Waals surface area contributed by atoms with Crippen molar-refractivity contribution in [2.45, 2.75) is 122 Å². The topological polar surface area (TPSA) is 201 Å². The molecule has 0 radical (unpaired) electrons. The van der Waals surface area contributed by atoms with E-state index in [4.69, 9.17) is 13.9 Å². The van der Waals surface area contributed by atoms with Crippen molar-refractivity contribution in [1.82, 2.24) is 10.6 Å². The summed E-state index contributed by atoms with van der Waals surface area (Å²) < 4.78 is 18.0. The summed E-state index contributed by atoms with van der Waals surface area (Å²) in [5.41, 5.74) is 3.35. The van der Waals surface area contributed by atoms with Gasteiger partial charge in [-0.15, -0.1) is 0 Å². The highest BCUT2D eigenvalue weighted by atomic mass is 28.4. The summed E-state index contributed by atoms with van der Waals surface area (Å²) in [5.74, 6) is -3.36. The minimum absolute atomic E-state index is 0.0528. The van der Waals surface area contributed by atoms with Gasteiger partial charge in [0.15, 0.2) is 5.78 Å². The van der Waals surface area contributed by atoms with Crippen LogP contribution in [0, 0.1) is 11.8 Å². The first-order valence-corrected chi connectivity index (χ1v) is 24.7. The summed E-state index contributed by atoms with van der Waals surface area (Å²) in [5, 5.41) is 50.6. The summed E-state index contributed by atoms with van der Waals surface area (Å²) in [7, 11) is -3.10. The molecule has 0 spiro atoms. The number of ketones is 1. The third-order valence-electron chi connectivity index (χ3n) is 12.1. The molecule has 66 heavy (non-hydrogen) atoms. The maximum Gasteiger partial charge on any atom is 0.407 e. The van der Waals surface area contributed by atoms with Crippen molar-refractivity contribution in [2.75, 3.05) is 19.8 Å². The van der Waals surface area contributed by atoms with E-state index in [1.165, 1.54) is 0 Å². The fraction of sp³-hybridized carbons (Fsp3) is 0.462. The highest BCUT2D eigenvalue weighted by molar-refractivity contribution is 6.99. The van der Waals surface area contributed by atoms with Crippen LogP contribution in [0.2, 0.25) is 5.04 Å². The van der Waals surface area contributed by atoms with E-state index < -0.39 is 85.6 Å². The van der Waals surface area contributed by atoms with Crippen LogP contribution in [-0.2, 0) is 28.3 Å². The number of carbonyl (C=O) groups excluding carboxylic acids is 4. The number of benzene rings is 4. The SMILES string of the molecule is CC(C)[C@H](NC(=O)OCC1c2ccccc2-c2ccccc21)C(=O)C[C@@H](CCC(=O)NC[C@H](O)[C@@H](O)[C@H](O)[C@H](O)CO[Si](c1ccccc1)(c1ccccc1)C(C)(C)C)C(=O)OC(C)(C)C. The zero-order chi connectivity index (χ0) is 48.4. The highest BCUT2D eigenvalue weighted by Crippen LogP contribution is 2.44. The van der Waals surface area contributed by atoms with E-state index in [1.807, 2.05) is 109 Å². The van der Waals surface area contributed by atoms with E-state index in [9.17, 15) is 39.6 Å². The number of hydrogen-bond donors (Lipinski definition) is 6. The second-order valence-electron chi connectivity index (χ2n) is 19.5. The minimum Gasteiger partial charge on any atom is -0.460 e. The number of ether oxygens (including phenoxy) is 2. The lowest BCUT2D eigenvalue weighted by Gasteiger charge is -2.43. The van der Waals surface area contributed by atoms with Crippen molar-refractivity contribution in [3.63, 3.8) is 0 Å². The Hall–Kier alpha value is -5.22. The summed E-state index contributed by atoms with van der Waals surface area (Å²) in [6, 6.07) is 34.3. The van der Waals surface area contributed by atoms with Crippen LogP contribution in [0.15, 0.2) is 109 Å². The van der Waals surface area contributed by atoms with Crippen LogP contribution < -0.4 is 21.0 Å². The van der Waals surface area contributed by atoms with E-state index in [2.05, 4.69) is 31.4 Å². The molecule has 13 nitrogen and oxygen atoms in total. The van der Waals surface area contributed by atoms with Crippen molar-refractivity contribution in [1.29, 1.82) is 0 Å². The van der Waals surface area contributed by atoms with E-state index in [1.54, 1.807) is 34.6 Å². The average molecular weight is 925 g/mol. The Labute approximate surface area is 390 Å². The van der Waals surface area contributed by atoms with Gasteiger partial charge in [-0.3, -0.25) is 14.4 Å². The Balaban J connectivity index is 1.16. The van der Waals surface area contributed by atoms with Crippen molar-refractivity contribution in [3.8, 4) is 11.1 Å². The van der Waals surface area contributed by atoms with Crippen LogP contribution >= 0.6 is 0 Å². The van der Waals surface area contributed by atoms with Gasteiger partial charge in [-0.25, -0.2) is 4.79 Å². The average Bonchev–Trinajstić information content (AvgIpc) is 3.60. The third kappa shape index (κ3) is 12.8. The summed E-state index contributed by atoms with van der Waals surface area (Å²) >= 11 is 0. The molecule has 356 valence electrons. The van der Waals surface area contributed by atoms with Gasteiger partial charge in [-0.05, 0) is 70.8 Å². The zero-order valence-electron chi connectivity index (χ0n) is 39.4. The molecule has 2 amide bonds. The van der Waals surface area contributed by atoms with Crippen LogP contribution in [0.25, 0.3) is 11.1 Å². The van der Waals surface area contributed by atoms with Crippen molar-refractivity contribution in [2.24, 2.45) is 11.8 Å². The predicted molar refractivity (Wildman–Crippen MR) is 256 cm³/mol. The van der Waals surface area contributed by atoms with Gasteiger partial charge < -0.3 is 45.0 Å². The summed E-state index contributed by atoms with van der Waals surface area (Å²) in [4.78, 5) is 53.7. The molecule has 4 aromatic rings. The monoisotopic (exact) mass is 924 g/mol. The second-order valence-corrected chi connectivity index (χ2v) is 23.8. The first-order chi connectivity index (χ1) is 31.1. The smallest absolute Gasteiger partial charge is 0.407 e. The largest absolute Gasteiger partial charge is 0.460 e. The number of esters is 1. The number of Topliss-reactive ketones (excluding diaryl/α,β-unsaturated/α-hetero) is 1. The summed E-state index contributed by atoms with van der Waals surface area (Å²) in [6.07, 6.45) is -8.48. The van der Waals surface area contributed by atoms with Gasteiger partial charge in [-0.1, -0.05) is 144 Å². The molecule has 6 atom stereocenters. The maximum absolute atomic E-state index is 13.8. The second kappa shape index (κ2) is 22.5. The van der Waals surface area contributed by atoms with Crippen molar-refractivity contribution < 1.29 is 53.5 Å². The van der Waals surface area contributed by atoms with E-state index in [0.717, 1.165) is 32.6 Å². The molecule has 1 aliphatic carbocycles. The molecule has 1 aliphatic rings. The molecule has 6 N–H and O–H groups in total. The molecule has 0 unspecified atom stereocenters. The van der Waals surface area contributed by atoms with Crippen molar-refractivity contribution in [3.05, 3.63) is 120 Å². The lowest BCUT2D eigenvalue weighted by atomic mass is 9.90. The summed E-state index contributed by atoms with van der Waals surface area (Å²) in [6.45, 7) is 14.0. The molecule has 0 fully saturated rings. The van der Waals surface area contributed by atoms with Gasteiger partial charge in [-0.2, -0.15) is 0 Å². The zero-order valence-corrected chi connectivity index (χ0v) is 40.4. The van der Waals surface area contributed by atoms with E-state index >= 15 is 0 Å². The predicted octanol–water partition coefficient (Wildman–Crippen LogP) is 5.38. The fourth-order valence-corrected chi connectivity index (χ4v) is 13.3. The number of fused-ring (bicyclic) bond motifs is 3. The van der Waals surface area contributed by atoms with Crippen molar-refractivity contribution >= 4 is 42.4 Å². The fourth-order valence-electron chi connectivity index (χ4n) is 8.70. The van der Waals surface area contributed by atoms with Gasteiger partial charge in [0.1, 0.15) is 30.5 Å². The highest BCUT2D eigenvalue weighted by Gasteiger charge is 2.51. The normalized spacial score (nSPS) is 15.7. The molecule has 4 aromatic carbocycles. The number of aliphatic hydroxyl groups is 4. The van der Waals surface area contributed by atoms with Gasteiger partial charge in [0.25, 0.3) is 8.32 Å². The molecule has 5 rings (SSSR count). The number of alkyl carbamates (subject to hydrolysis) is 1. The molecule has 14 heteroatoms. The Kier molecular flexibility index (Phi) is 17.7. The van der Waals surface area contributed by atoms with Gasteiger partial charge >= 0.3 is 12.1 Å². The molecule has 0 bridgehead atoms. The molecule has 0 heterocycles. The number of carbonyl (C=O) groups is 4. The van der Waals surface area contributed by atoms with E-state index in [-0.39, 0.29) is 44.3 Å². The molecular formula is C52H68N2O11Si. The first-order valence-electron chi connectivity index (χ1n) is 22.8. The lowest BCUT2D eigenvalue weighted by molar-refractivity contribution is -0.161. The number of amides is 2. The molecular weight excluding hydrogens is 857 g/mol. The number of rotatable bonds is 21. The van der Waals surface area contributed by atoms with E-state index in [0.29, 0.717) is 0 Å². The quantitative estimate of drug-likeness (QED) is 0.0463. The number of hydrogen-bond acceptors (Lipinski definition) is 11. The lowest BCUT2D eigenvalue weighted by Crippen LogP contribution is -2.67. The molecule has 0 saturated heterocycles.